The predicted octanol–water partition coefficient (Wildman–Crippen LogP) is -0.292. The molecule has 5 nitrogen and oxygen atoms in total. The van der Waals surface area contributed by atoms with Crippen LogP contribution in [0.5, 0.6) is 0 Å². The molecule has 0 heterocycles. The number of hydrogen-bond donors (Lipinski definition) is 1. The van der Waals surface area contributed by atoms with E-state index in [0.29, 0.717) is 13.2 Å². The Hall–Kier alpha value is -0.650. The van der Waals surface area contributed by atoms with Gasteiger partial charge in [-0.15, -0.1) is 0 Å². The Labute approximate surface area is 64.9 Å². The van der Waals surface area contributed by atoms with Crippen molar-refractivity contribution in [1.82, 2.24) is 0 Å². The van der Waals surface area contributed by atoms with Crippen LogP contribution in [0.2, 0.25) is 0 Å². The van der Waals surface area contributed by atoms with Gasteiger partial charge in [-0.05, 0) is 0 Å². The van der Waals surface area contributed by atoms with Crippen molar-refractivity contribution in [1.29, 1.82) is 0 Å². The van der Waals surface area contributed by atoms with Crippen molar-refractivity contribution < 1.29 is 24.1 Å². The SMILES string of the molecule is COCCOCOCC(=O)O. The maximum atomic E-state index is 9.88. The molecule has 0 aliphatic rings. The van der Waals surface area contributed by atoms with E-state index in [0.717, 1.165) is 0 Å². The summed E-state index contributed by atoms with van der Waals surface area (Å²) in [6, 6.07) is 0. The third-order valence-corrected chi connectivity index (χ3v) is 0.824. The molecule has 0 aromatic carbocycles. The summed E-state index contributed by atoms with van der Waals surface area (Å²) in [7, 11) is 1.56. The van der Waals surface area contributed by atoms with Gasteiger partial charge < -0.3 is 19.3 Å². The molecule has 0 radical (unpaired) electrons. The first-order valence-corrected chi connectivity index (χ1v) is 3.13. The molecule has 0 bridgehead atoms. The van der Waals surface area contributed by atoms with Crippen LogP contribution in [0.3, 0.4) is 0 Å². The molecule has 1 N–H and O–H groups in total. The van der Waals surface area contributed by atoms with Gasteiger partial charge in [0.15, 0.2) is 0 Å². The van der Waals surface area contributed by atoms with Gasteiger partial charge in [0.25, 0.3) is 0 Å². The van der Waals surface area contributed by atoms with E-state index in [1.165, 1.54) is 0 Å². The van der Waals surface area contributed by atoms with Gasteiger partial charge in [-0.25, -0.2) is 4.79 Å². The molecule has 0 aliphatic heterocycles. The normalized spacial score (nSPS) is 9.91. The number of ether oxygens (including phenoxy) is 3. The maximum Gasteiger partial charge on any atom is 0.329 e. The number of hydrogen-bond acceptors (Lipinski definition) is 4. The number of methoxy groups -OCH3 is 1. The van der Waals surface area contributed by atoms with Crippen molar-refractivity contribution in [2.75, 3.05) is 33.7 Å². The minimum Gasteiger partial charge on any atom is -0.480 e. The van der Waals surface area contributed by atoms with E-state index in [9.17, 15) is 4.79 Å². The van der Waals surface area contributed by atoms with Crippen molar-refractivity contribution in [3.8, 4) is 0 Å². The molecule has 0 aliphatic carbocycles. The largest absolute Gasteiger partial charge is 0.480 e. The fraction of sp³-hybridized carbons (Fsp3) is 0.833. The van der Waals surface area contributed by atoms with Crippen LogP contribution in [-0.2, 0) is 19.0 Å². The van der Waals surface area contributed by atoms with E-state index in [1.807, 2.05) is 0 Å². The zero-order valence-corrected chi connectivity index (χ0v) is 6.41. The zero-order chi connectivity index (χ0) is 8.53. The number of carboxylic acid groups (broad SMARTS) is 1. The minimum absolute atomic E-state index is 0.00431. The molecule has 0 amide bonds. The first-order valence-electron chi connectivity index (χ1n) is 3.13. The average molecular weight is 164 g/mol. The fourth-order valence-corrected chi connectivity index (χ4v) is 0.389. The Morgan fingerprint density at radius 2 is 2.09 bits per heavy atom. The standard InChI is InChI=1S/C6H12O5/c1-9-2-3-10-5-11-4-6(7)8/h2-5H2,1H3,(H,7,8). The van der Waals surface area contributed by atoms with Gasteiger partial charge in [0.2, 0.25) is 0 Å². The van der Waals surface area contributed by atoms with Gasteiger partial charge in [0, 0.05) is 7.11 Å². The molecule has 0 saturated carbocycles. The van der Waals surface area contributed by atoms with Gasteiger partial charge in [0.1, 0.15) is 13.4 Å². The summed E-state index contributed by atoms with van der Waals surface area (Å²) in [6.07, 6.45) is 0. The molecular weight excluding hydrogens is 152 g/mol. The van der Waals surface area contributed by atoms with Crippen LogP contribution >= 0.6 is 0 Å². The summed E-state index contributed by atoms with van der Waals surface area (Å²) >= 11 is 0. The van der Waals surface area contributed by atoms with E-state index in [2.05, 4.69) is 9.47 Å². The molecule has 0 aromatic heterocycles. The van der Waals surface area contributed by atoms with E-state index in [-0.39, 0.29) is 13.4 Å². The van der Waals surface area contributed by atoms with E-state index in [4.69, 9.17) is 9.84 Å². The second-order valence-corrected chi connectivity index (χ2v) is 1.76. The van der Waals surface area contributed by atoms with Crippen molar-refractivity contribution in [3.05, 3.63) is 0 Å². The van der Waals surface area contributed by atoms with Crippen LogP contribution < -0.4 is 0 Å². The first-order chi connectivity index (χ1) is 5.27. The van der Waals surface area contributed by atoms with Crippen molar-refractivity contribution in [3.63, 3.8) is 0 Å². The van der Waals surface area contributed by atoms with Gasteiger partial charge in [-0.3, -0.25) is 0 Å². The summed E-state index contributed by atoms with van der Waals surface area (Å²) < 4.78 is 14.1. The van der Waals surface area contributed by atoms with Crippen molar-refractivity contribution in [2.45, 2.75) is 0 Å². The Morgan fingerprint density at radius 3 is 2.64 bits per heavy atom. The highest BCUT2D eigenvalue weighted by Crippen LogP contribution is 1.78. The fourth-order valence-electron chi connectivity index (χ4n) is 0.389. The van der Waals surface area contributed by atoms with Gasteiger partial charge in [-0.1, -0.05) is 0 Å². The van der Waals surface area contributed by atoms with Crippen LogP contribution in [0.4, 0.5) is 0 Å². The molecule has 0 aromatic rings. The Kier molecular flexibility index (Phi) is 7.02. The lowest BCUT2D eigenvalue weighted by molar-refractivity contribution is -0.148. The molecule has 11 heavy (non-hydrogen) atoms. The lowest BCUT2D eigenvalue weighted by Crippen LogP contribution is -2.11. The molecule has 0 rings (SSSR count). The number of carboxylic acids is 1. The topological polar surface area (TPSA) is 65.0 Å². The highest BCUT2D eigenvalue weighted by molar-refractivity contribution is 5.67. The van der Waals surface area contributed by atoms with Crippen LogP contribution in [-0.4, -0.2) is 44.8 Å². The molecule has 0 saturated heterocycles. The van der Waals surface area contributed by atoms with Crippen molar-refractivity contribution >= 4 is 5.97 Å². The minimum atomic E-state index is -1.000. The highest BCUT2D eigenvalue weighted by atomic mass is 16.7. The van der Waals surface area contributed by atoms with E-state index < -0.39 is 5.97 Å². The molecule has 0 atom stereocenters. The van der Waals surface area contributed by atoms with Crippen molar-refractivity contribution in [2.24, 2.45) is 0 Å². The molecule has 5 heteroatoms. The van der Waals surface area contributed by atoms with Crippen LogP contribution in [0.25, 0.3) is 0 Å². The summed E-state index contributed by atoms with van der Waals surface area (Å²) in [5.74, 6) is -1.000. The quantitative estimate of drug-likeness (QED) is 0.413. The average Bonchev–Trinajstić information content (AvgIpc) is 1.96. The summed E-state index contributed by atoms with van der Waals surface area (Å²) in [6.45, 7) is 0.565. The lowest BCUT2D eigenvalue weighted by atomic mass is 10.7. The Balaban J connectivity index is 2.85. The predicted molar refractivity (Wildman–Crippen MR) is 36.3 cm³/mol. The molecule has 0 unspecified atom stereocenters. The first kappa shape index (κ1) is 10.3. The van der Waals surface area contributed by atoms with Crippen LogP contribution in [0, 0.1) is 0 Å². The van der Waals surface area contributed by atoms with Gasteiger partial charge in [-0.2, -0.15) is 0 Å². The number of carbonyl (C=O) groups is 1. The summed E-state index contributed by atoms with van der Waals surface area (Å²) in [5.41, 5.74) is 0. The molecular formula is C6H12O5. The monoisotopic (exact) mass is 164 g/mol. The Morgan fingerprint density at radius 1 is 1.36 bits per heavy atom. The third kappa shape index (κ3) is 9.35. The smallest absolute Gasteiger partial charge is 0.329 e. The summed E-state index contributed by atoms with van der Waals surface area (Å²) in [4.78, 5) is 9.88. The molecule has 0 spiro atoms. The van der Waals surface area contributed by atoms with E-state index >= 15 is 0 Å². The van der Waals surface area contributed by atoms with Gasteiger partial charge >= 0.3 is 5.97 Å². The number of rotatable bonds is 7. The highest BCUT2D eigenvalue weighted by Gasteiger charge is 1.94. The number of aliphatic carboxylic acids is 1. The lowest BCUT2D eigenvalue weighted by Gasteiger charge is -2.01. The molecule has 66 valence electrons. The summed E-state index contributed by atoms with van der Waals surface area (Å²) in [5, 5.41) is 8.11. The zero-order valence-electron chi connectivity index (χ0n) is 6.41. The van der Waals surface area contributed by atoms with E-state index in [1.54, 1.807) is 7.11 Å². The molecule has 0 fully saturated rings. The van der Waals surface area contributed by atoms with Gasteiger partial charge in [0.05, 0.1) is 13.2 Å². The second kappa shape index (κ2) is 7.46. The van der Waals surface area contributed by atoms with Crippen LogP contribution in [0.15, 0.2) is 0 Å². The third-order valence-electron chi connectivity index (χ3n) is 0.824. The second-order valence-electron chi connectivity index (χ2n) is 1.76. The maximum absolute atomic E-state index is 9.88. The van der Waals surface area contributed by atoms with Crippen LogP contribution in [0.1, 0.15) is 0 Å². The Bertz CT molecular complexity index is 103.